The molecule has 9 heteroatoms. The minimum Gasteiger partial charge on any atom is -0.474 e. The van der Waals surface area contributed by atoms with E-state index in [0.717, 1.165) is 31.2 Å². The van der Waals surface area contributed by atoms with Crippen LogP contribution in [0.4, 0.5) is 4.39 Å². The van der Waals surface area contributed by atoms with Crippen molar-refractivity contribution in [2.45, 2.75) is 51.3 Å². The number of nitrogens with two attached hydrogens (primary N) is 1. The fourth-order valence-electron chi connectivity index (χ4n) is 5.10. The van der Waals surface area contributed by atoms with Crippen LogP contribution in [-0.4, -0.2) is 38.7 Å². The number of hydrogen-bond donors (Lipinski definition) is 2. The Morgan fingerprint density at radius 2 is 1.91 bits per heavy atom. The van der Waals surface area contributed by atoms with E-state index in [1.807, 2.05) is 6.92 Å². The molecule has 2 aliphatic rings. The molecule has 0 unspecified atom stereocenters. The summed E-state index contributed by atoms with van der Waals surface area (Å²) < 4.78 is 20.7. The SMILES string of the molecule is Cc1nn(Cc2ccc(F)cc2)cc1C(=O)NC1CC2(C1)CC(Oc1ncccc1C(N)=O)C2. The van der Waals surface area contributed by atoms with E-state index in [2.05, 4.69) is 15.4 Å². The fraction of sp³-hybridized carbons (Fsp3) is 0.360. The molecule has 0 saturated heterocycles. The number of nitrogens with one attached hydrogen (secondary N) is 1. The number of aryl methyl sites for hydroxylation is 1. The van der Waals surface area contributed by atoms with Crippen LogP contribution in [0, 0.1) is 18.2 Å². The van der Waals surface area contributed by atoms with Gasteiger partial charge in [-0.15, -0.1) is 0 Å². The second-order valence-corrected chi connectivity index (χ2v) is 9.40. The molecule has 1 aromatic carbocycles. The van der Waals surface area contributed by atoms with Gasteiger partial charge in [0.15, 0.2) is 0 Å². The summed E-state index contributed by atoms with van der Waals surface area (Å²) in [6.07, 6.45) is 6.83. The zero-order valence-corrected chi connectivity index (χ0v) is 18.8. The summed E-state index contributed by atoms with van der Waals surface area (Å²) in [5.41, 5.74) is 7.97. The van der Waals surface area contributed by atoms with Gasteiger partial charge in [0.2, 0.25) is 5.88 Å². The van der Waals surface area contributed by atoms with Crippen LogP contribution in [0.2, 0.25) is 0 Å². The molecule has 3 aromatic rings. The van der Waals surface area contributed by atoms with Gasteiger partial charge in [-0.05, 0) is 67.9 Å². The van der Waals surface area contributed by atoms with Crippen molar-refractivity contribution in [2.24, 2.45) is 11.1 Å². The smallest absolute Gasteiger partial charge is 0.254 e. The van der Waals surface area contributed by atoms with E-state index in [9.17, 15) is 14.0 Å². The van der Waals surface area contributed by atoms with Crippen molar-refractivity contribution < 1.29 is 18.7 Å². The standard InChI is InChI=1S/C25H26FN5O3/c1-15-21(14-31(30-15)13-16-4-6-17(26)7-5-16)23(33)29-18-9-25(10-18)11-19(12-25)34-24-20(22(27)32)3-2-8-28-24/h2-8,14,18-19H,9-13H2,1H3,(H2,27,32)(H,29,33). The normalized spacial score (nSPS) is 23.1. The lowest BCUT2D eigenvalue weighted by molar-refractivity contribution is -0.0848. The van der Waals surface area contributed by atoms with Crippen molar-refractivity contribution >= 4 is 11.8 Å². The molecule has 3 N–H and O–H groups in total. The Morgan fingerprint density at radius 3 is 2.62 bits per heavy atom. The zero-order chi connectivity index (χ0) is 23.9. The van der Waals surface area contributed by atoms with Crippen LogP contribution in [0.1, 0.15) is 57.7 Å². The molecule has 176 valence electrons. The van der Waals surface area contributed by atoms with Crippen LogP contribution in [0.5, 0.6) is 5.88 Å². The summed E-state index contributed by atoms with van der Waals surface area (Å²) in [6.45, 7) is 2.28. The zero-order valence-electron chi connectivity index (χ0n) is 18.8. The first-order chi connectivity index (χ1) is 16.3. The van der Waals surface area contributed by atoms with Gasteiger partial charge in [-0.3, -0.25) is 14.3 Å². The number of carbonyl (C=O) groups is 2. The van der Waals surface area contributed by atoms with E-state index < -0.39 is 5.91 Å². The summed E-state index contributed by atoms with van der Waals surface area (Å²) in [5.74, 6) is -0.684. The lowest BCUT2D eigenvalue weighted by Crippen LogP contribution is -2.58. The van der Waals surface area contributed by atoms with Gasteiger partial charge >= 0.3 is 0 Å². The summed E-state index contributed by atoms with van der Waals surface area (Å²) in [7, 11) is 0. The number of hydrogen-bond acceptors (Lipinski definition) is 5. The second-order valence-electron chi connectivity index (χ2n) is 9.40. The van der Waals surface area contributed by atoms with Crippen LogP contribution in [0.15, 0.2) is 48.8 Å². The van der Waals surface area contributed by atoms with E-state index in [-0.39, 0.29) is 40.7 Å². The number of halogens is 1. The molecule has 2 heterocycles. The van der Waals surface area contributed by atoms with Crippen molar-refractivity contribution in [3.63, 3.8) is 0 Å². The van der Waals surface area contributed by atoms with E-state index in [1.165, 1.54) is 12.1 Å². The van der Waals surface area contributed by atoms with Gasteiger partial charge in [0.25, 0.3) is 11.8 Å². The molecular weight excluding hydrogens is 437 g/mol. The minimum atomic E-state index is -0.556. The maximum Gasteiger partial charge on any atom is 0.254 e. The first kappa shape index (κ1) is 22.1. The van der Waals surface area contributed by atoms with Crippen molar-refractivity contribution in [2.75, 3.05) is 0 Å². The summed E-state index contributed by atoms with van der Waals surface area (Å²) >= 11 is 0. The molecule has 2 aromatic heterocycles. The minimum absolute atomic E-state index is 0.00316. The number of amides is 2. The maximum atomic E-state index is 13.1. The maximum absolute atomic E-state index is 13.1. The van der Waals surface area contributed by atoms with Gasteiger partial charge < -0.3 is 15.8 Å². The number of ether oxygens (including phenoxy) is 1. The molecule has 2 fully saturated rings. The largest absolute Gasteiger partial charge is 0.474 e. The van der Waals surface area contributed by atoms with Crippen LogP contribution < -0.4 is 15.8 Å². The molecule has 2 amide bonds. The molecule has 34 heavy (non-hydrogen) atoms. The average Bonchev–Trinajstić information content (AvgIpc) is 3.12. The number of carbonyl (C=O) groups excluding carboxylic acids is 2. The topological polar surface area (TPSA) is 112 Å². The molecule has 0 radical (unpaired) electrons. The molecule has 8 nitrogen and oxygen atoms in total. The van der Waals surface area contributed by atoms with Crippen LogP contribution in [-0.2, 0) is 6.54 Å². The third kappa shape index (κ3) is 4.37. The van der Waals surface area contributed by atoms with Gasteiger partial charge in [-0.2, -0.15) is 5.10 Å². The van der Waals surface area contributed by atoms with Crippen LogP contribution in [0.25, 0.3) is 0 Å². The second kappa shape index (κ2) is 8.55. The van der Waals surface area contributed by atoms with Crippen LogP contribution >= 0.6 is 0 Å². The Balaban J connectivity index is 1.11. The summed E-state index contributed by atoms with van der Waals surface area (Å²) in [5, 5.41) is 7.55. The lowest BCUT2D eigenvalue weighted by Gasteiger charge is -2.57. The summed E-state index contributed by atoms with van der Waals surface area (Å²) in [6, 6.07) is 9.62. The molecule has 0 bridgehead atoms. The molecular formula is C25H26FN5O3. The van der Waals surface area contributed by atoms with Gasteiger partial charge in [0.05, 0.1) is 17.8 Å². The van der Waals surface area contributed by atoms with E-state index in [1.54, 1.807) is 41.3 Å². The van der Waals surface area contributed by atoms with E-state index >= 15 is 0 Å². The molecule has 0 atom stereocenters. The van der Waals surface area contributed by atoms with Crippen molar-refractivity contribution in [3.05, 3.63) is 77.0 Å². The first-order valence-corrected chi connectivity index (χ1v) is 11.3. The highest BCUT2D eigenvalue weighted by Crippen LogP contribution is 2.56. The number of rotatable bonds is 7. The predicted octanol–water partition coefficient (Wildman–Crippen LogP) is 2.99. The lowest BCUT2D eigenvalue weighted by atomic mass is 9.53. The number of primary amides is 1. The molecule has 2 saturated carbocycles. The van der Waals surface area contributed by atoms with E-state index in [0.29, 0.717) is 17.8 Å². The third-order valence-electron chi connectivity index (χ3n) is 6.78. The molecule has 2 aliphatic carbocycles. The Labute approximate surface area is 196 Å². The van der Waals surface area contributed by atoms with Crippen LogP contribution in [0.3, 0.4) is 0 Å². The van der Waals surface area contributed by atoms with Gasteiger partial charge in [-0.1, -0.05) is 12.1 Å². The fourth-order valence-corrected chi connectivity index (χ4v) is 5.10. The Bertz CT molecular complexity index is 1230. The Morgan fingerprint density at radius 1 is 1.18 bits per heavy atom. The highest BCUT2D eigenvalue weighted by Gasteiger charge is 2.54. The quantitative estimate of drug-likeness (QED) is 0.559. The molecule has 0 aliphatic heterocycles. The number of pyridine rings is 1. The summed E-state index contributed by atoms with van der Waals surface area (Å²) in [4.78, 5) is 28.5. The monoisotopic (exact) mass is 463 g/mol. The third-order valence-corrected chi connectivity index (χ3v) is 6.78. The molecule has 5 rings (SSSR count). The van der Waals surface area contributed by atoms with Gasteiger partial charge in [0.1, 0.15) is 17.5 Å². The number of nitrogens with zero attached hydrogens (tertiary/aromatic N) is 3. The first-order valence-electron chi connectivity index (χ1n) is 11.3. The van der Waals surface area contributed by atoms with Crippen molar-refractivity contribution in [1.82, 2.24) is 20.1 Å². The van der Waals surface area contributed by atoms with Crippen molar-refractivity contribution in [3.8, 4) is 5.88 Å². The highest BCUT2D eigenvalue weighted by atomic mass is 19.1. The number of aromatic nitrogens is 3. The van der Waals surface area contributed by atoms with Crippen molar-refractivity contribution in [1.29, 1.82) is 0 Å². The number of benzene rings is 1. The average molecular weight is 464 g/mol. The Kier molecular flexibility index (Phi) is 5.55. The van der Waals surface area contributed by atoms with Gasteiger partial charge in [0, 0.05) is 18.4 Å². The predicted molar refractivity (Wildman–Crippen MR) is 122 cm³/mol. The van der Waals surface area contributed by atoms with Gasteiger partial charge in [-0.25, -0.2) is 9.37 Å². The Hall–Kier alpha value is -3.75. The molecule has 1 spiro atoms. The highest BCUT2D eigenvalue weighted by molar-refractivity contribution is 5.95. The van der Waals surface area contributed by atoms with E-state index in [4.69, 9.17) is 10.5 Å².